The molecule has 5 fully saturated rings. The van der Waals surface area contributed by atoms with Gasteiger partial charge in [0.05, 0.1) is 62.9 Å². The van der Waals surface area contributed by atoms with Gasteiger partial charge < -0.3 is 62.7 Å². The van der Waals surface area contributed by atoms with Crippen LogP contribution in [0.5, 0.6) is 11.5 Å². The number of nitrogens with zero attached hydrogens (tertiary/aromatic N) is 1. The Balaban J connectivity index is 1.24. The number of hydrogen-bond acceptors (Lipinski definition) is 15. The van der Waals surface area contributed by atoms with Gasteiger partial charge in [0.2, 0.25) is 0 Å². The Morgan fingerprint density at radius 3 is 2.23 bits per heavy atom. The Hall–Kier alpha value is -2.86. The predicted molar refractivity (Wildman–Crippen MR) is 238 cm³/mol. The summed E-state index contributed by atoms with van der Waals surface area (Å²) in [6.45, 7) is 8.03. The molecule has 15 heteroatoms. The predicted octanol–water partition coefficient (Wildman–Crippen LogP) is 5.79. The van der Waals surface area contributed by atoms with E-state index in [1.807, 2.05) is 39.0 Å². The van der Waals surface area contributed by atoms with E-state index in [9.17, 15) is 9.90 Å². The average molecular weight is 901 g/mol. The fraction of sp³-hybridized carbons (Fsp3) is 0.796. The number of rotatable bonds is 13. The van der Waals surface area contributed by atoms with Gasteiger partial charge >= 0.3 is 5.97 Å². The van der Waals surface area contributed by atoms with Crippen LogP contribution in [0.1, 0.15) is 85.5 Å². The van der Waals surface area contributed by atoms with Gasteiger partial charge in [0.25, 0.3) is 0 Å². The first kappa shape index (κ1) is 49.1. The van der Waals surface area contributed by atoms with Crippen molar-refractivity contribution in [3.8, 4) is 11.5 Å². The van der Waals surface area contributed by atoms with Crippen LogP contribution in [-0.4, -0.2) is 151 Å². The summed E-state index contributed by atoms with van der Waals surface area (Å²) >= 11 is 0. The van der Waals surface area contributed by atoms with Crippen LogP contribution in [0.15, 0.2) is 29.8 Å². The van der Waals surface area contributed by atoms with Gasteiger partial charge in [-0.15, -0.1) is 0 Å². The molecule has 0 aromatic heterocycles. The number of likely N-dealkylation sites (N-methyl/N-ethyl adjacent to an activating group) is 1. The van der Waals surface area contributed by atoms with E-state index in [0.717, 1.165) is 19.3 Å². The topological polar surface area (TPSA) is 162 Å². The molecule has 3 saturated heterocycles. The number of Topliss-reactive ketones (excluding diaryl/α,β-unsaturated/α-hetero) is 1. The SMILES string of the molecule is CC[C@H]1CCC[C@H](O[C@H]2CC[C@H](N(C)C)C(C)O2)[C@@H](C)C(=O)C2=C[C@H]3[C@@H]4C[C@H](O[C@@H]5OC(C)[C@H](OC)C(OC)[C@@H]5OC)C[C@H]4[C@@H](O)[C@H](Nc4cccc(OC)c4OC)[C@H]3[C@@H]2CC(=O)O1. The van der Waals surface area contributed by atoms with E-state index in [1.165, 1.54) is 0 Å². The third-order valence-electron chi connectivity index (χ3n) is 15.6. The molecule has 3 heterocycles. The molecule has 0 spiro atoms. The lowest BCUT2D eigenvalue weighted by Gasteiger charge is -2.48. The number of hydrogen-bond donors (Lipinski definition) is 2. The number of carbonyl (C=O) groups excluding carboxylic acids is 2. The smallest absolute Gasteiger partial charge is 0.306 e. The zero-order chi connectivity index (χ0) is 46.0. The van der Waals surface area contributed by atoms with Crippen LogP contribution in [0, 0.1) is 35.5 Å². The second-order valence-corrected chi connectivity index (χ2v) is 19.3. The van der Waals surface area contributed by atoms with Crippen molar-refractivity contribution < 1.29 is 62.1 Å². The van der Waals surface area contributed by atoms with E-state index in [0.29, 0.717) is 54.9 Å². The zero-order valence-corrected chi connectivity index (χ0v) is 39.9. The number of ketones is 1. The quantitative estimate of drug-likeness (QED) is 0.229. The lowest BCUT2D eigenvalue weighted by atomic mass is 9.62. The summed E-state index contributed by atoms with van der Waals surface area (Å²) in [6.07, 6.45) is 2.91. The Morgan fingerprint density at radius 2 is 1.58 bits per heavy atom. The number of carbonyl (C=O) groups is 2. The fourth-order valence-corrected chi connectivity index (χ4v) is 12.4. The van der Waals surface area contributed by atoms with Gasteiger partial charge in [0.1, 0.15) is 24.4 Å². The van der Waals surface area contributed by atoms with Crippen LogP contribution in [-0.2, 0) is 47.5 Å². The summed E-state index contributed by atoms with van der Waals surface area (Å²) in [7, 11) is 12.2. The monoisotopic (exact) mass is 901 g/mol. The van der Waals surface area contributed by atoms with Gasteiger partial charge in [-0.2, -0.15) is 0 Å². The molecule has 15 nitrogen and oxygen atoms in total. The van der Waals surface area contributed by atoms with Gasteiger partial charge in [-0.25, -0.2) is 0 Å². The lowest BCUT2D eigenvalue weighted by molar-refractivity contribution is -0.314. The molecule has 6 aliphatic rings. The Kier molecular flexibility index (Phi) is 16.4. The van der Waals surface area contributed by atoms with E-state index >= 15 is 4.79 Å². The highest BCUT2D eigenvalue weighted by Crippen LogP contribution is 2.58. The first-order valence-corrected chi connectivity index (χ1v) is 23.7. The Bertz CT molecular complexity index is 1760. The van der Waals surface area contributed by atoms with Crippen LogP contribution >= 0.6 is 0 Å². The number of cyclic esters (lactones) is 1. The van der Waals surface area contributed by atoms with Crippen molar-refractivity contribution in [2.45, 2.75) is 165 Å². The lowest BCUT2D eigenvalue weighted by Crippen LogP contribution is -2.59. The highest BCUT2D eigenvalue weighted by molar-refractivity contribution is 5.99. The van der Waals surface area contributed by atoms with Crippen molar-refractivity contribution in [2.24, 2.45) is 35.5 Å². The second kappa shape index (κ2) is 21.4. The molecule has 64 heavy (non-hydrogen) atoms. The molecular formula is C49H76N2O13. The van der Waals surface area contributed by atoms with Crippen LogP contribution in [0.25, 0.3) is 0 Å². The summed E-state index contributed by atoms with van der Waals surface area (Å²) in [4.78, 5) is 31.6. The summed E-state index contributed by atoms with van der Waals surface area (Å²) in [6, 6.07) is 5.28. The molecule has 2 saturated carbocycles. The minimum Gasteiger partial charge on any atom is -0.493 e. The molecular weight excluding hydrogens is 825 g/mol. The summed E-state index contributed by atoms with van der Waals surface area (Å²) in [5.74, 6) is -1.25. The van der Waals surface area contributed by atoms with Gasteiger partial charge in [0, 0.05) is 39.2 Å². The van der Waals surface area contributed by atoms with E-state index in [-0.39, 0.29) is 78.4 Å². The maximum atomic E-state index is 15.3. The van der Waals surface area contributed by atoms with Crippen molar-refractivity contribution in [3.05, 3.63) is 29.8 Å². The number of aliphatic hydroxyl groups is 1. The molecule has 3 aliphatic carbocycles. The summed E-state index contributed by atoms with van der Waals surface area (Å²) < 4.78 is 61.9. The standard InChI is InChI=1S/C49H76N2O13/c1-12-28-15-13-17-37(64-40-20-19-36(51(5)6)26(3)60-40)25(2)43(53)34-23-31-30-21-29(63-49-48(59-11)47(58-10)45(56-8)27(4)61-49)22-33(30)44(54)42(41(31)32(34)24-39(52)62-28)50-35-16-14-18-38(55-7)46(35)57-9/h14,16,18,23,25-33,36-37,40-42,44-45,47-50,54H,12-13,15,17,19-22,24H2,1-11H3/t25-,26?,27?,28+,29+,30+,31+,32-,33-,36+,37+,40+,41-,42-,44-,45+,47?,48+,49+/m1/s1. The minimum absolute atomic E-state index is 0.00249. The Morgan fingerprint density at radius 1 is 0.844 bits per heavy atom. The molecule has 2 N–H and O–H groups in total. The van der Waals surface area contributed by atoms with Crippen LogP contribution in [0.3, 0.4) is 0 Å². The molecule has 0 radical (unpaired) electrons. The van der Waals surface area contributed by atoms with Crippen molar-refractivity contribution in [1.29, 1.82) is 0 Å². The van der Waals surface area contributed by atoms with Crippen molar-refractivity contribution >= 4 is 17.4 Å². The first-order valence-electron chi connectivity index (χ1n) is 23.7. The fourth-order valence-electron chi connectivity index (χ4n) is 12.4. The number of fused-ring (bicyclic) bond motifs is 5. The number of aliphatic hydroxyl groups excluding tert-OH is 1. The number of esters is 1. The molecule has 3 unspecified atom stereocenters. The molecule has 360 valence electrons. The van der Waals surface area contributed by atoms with Crippen molar-refractivity contribution in [1.82, 2.24) is 4.90 Å². The summed E-state index contributed by atoms with van der Waals surface area (Å²) in [5.41, 5.74) is 1.24. The highest BCUT2D eigenvalue weighted by atomic mass is 16.7. The van der Waals surface area contributed by atoms with Crippen LogP contribution in [0.4, 0.5) is 5.69 Å². The normalized spacial score (nSPS) is 41.8. The van der Waals surface area contributed by atoms with Crippen molar-refractivity contribution in [2.75, 3.05) is 55.0 Å². The maximum absolute atomic E-state index is 15.3. The molecule has 3 aliphatic heterocycles. The van der Waals surface area contributed by atoms with Gasteiger partial charge in [-0.05, 0) is 121 Å². The van der Waals surface area contributed by atoms with Gasteiger partial charge in [-0.1, -0.05) is 26.0 Å². The maximum Gasteiger partial charge on any atom is 0.306 e. The van der Waals surface area contributed by atoms with Crippen molar-refractivity contribution in [3.63, 3.8) is 0 Å². The van der Waals surface area contributed by atoms with E-state index < -0.39 is 54.9 Å². The average Bonchev–Trinajstić information content (AvgIpc) is 3.87. The molecule has 19 atom stereocenters. The number of benzene rings is 1. The number of methoxy groups -OCH3 is 5. The van der Waals surface area contributed by atoms with E-state index in [1.54, 1.807) is 35.5 Å². The summed E-state index contributed by atoms with van der Waals surface area (Å²) in [5, 5.41) is 16.5. The van der Waals surface area contributed by atoms with Gasteiger partial charge in [-0.3, -0.25) is 9.59 Å². The third kappa shape index (κ3) is 9.89. The molecule has 0 amide bonds. The van der Waals surface area contributed by atoms with Crippen LogP contribution < -0.4 is 14.8 Å². The number of para-hydroxylation sites is 1. The Labute approximate surface area is 380 Å². The largest absolute Gasteiger partial charge is 0.493 e. The molecule has 1 aromatic rings. The third-order valence-corrected chi connectivity index (χ3v) is 15.6. The number of allylic oxidation sites excluding steroid dienone is 2. The molecule has 7 rings (SSSR count). The number of ether oxygens (including phenoxy) is 10. The molecule has 1 aromatic carbocycles. The van der Waals surface area contributed by atoms with E-state index in [2.05, 4.69) is 37.3 Å². The molecule has 0 bridgehead atoms. The van der Waals surface area contributed by atoms with E-state index in [4.69, 9.17) is 47.4 Å². The second-order valence-electron chi connectivity index (χ2n) is 19.3. The highest BCUT2D eigenvalue weighted by Gasteiger charge is 2.60. The van der Waals surface area contributed by atoms with Gasteiger partial charge in [0.15, 0.2) is 29.9 Å². The minimum atomic E-state index is -0.890. The zero-order valence-electron chi connectivity index (χ0n) is 39.9. The number of nitrogens with one attached hydrogen (secondary N) is 1. The first-order chi connectivity index (χ1) is 30.8. The number of anilines is 1. The van der Waals surface area contributed by atoms with Crippen LogP contribution in [0.2, 0.25) is 0 Å².